The Morgan fingerprint density at radius 3 is 2.90 bits per heavy atom. The molecule has 0 bridgehead atoms. The SMILES string of the molecule is CC[C@H](C)[C@H](NC(=O)N1CCc2sccc2C1C)C(=O)O. The monoisotopic (exact) mass is 310 g/mol. The average Bonchev–Trinajstić information content (AvgIpc) is 2.93. The van der Waals surface area contributed by atoms with E-state index < -0.39 is 12.0 Å². The highest BCUT2D eigenvalue weighted by molar-refractivity contribution is 7.10. The zero-order chi connectivity index (χ0) is 15.6. The summed E-state index contributed by atoms with van der Waals surface area (Å²) in [5.41, 5.74) is 1.18. The number of nitrogens with zero attached hydrogens (tertiary/aromatic N) is 1. The average molecular weight is 310 g/mol. The summed E-state index contributed by atoms with van der Waals surface area (Å²) in [6, 6.07) is 0.921. The van der Waals surface area contributed by atoms with Crippen LogP contribution in [0.1, 0.15) is 43.7 Å². The maximum Gasteiger partial charge on any atom is 0.326 e. The van der Waals surface area contributed by atoms with Gasteiger partial charge < -0.3 is 15.3 Å². The first-order chi connectivity index (χ1) is 9.95. The number of hydrogen-bond acceptors (Lipinski definition) is 3. The van der Waals surface area contributed by atoms with Crippen LogP contribution in [0, 0.1) is 5.92 Å². The van der Waals surface area contributed by atoms with Gasteiger partial charge in [-0.05, 0) is 36.3 Å². The molecule has 0 saturated carbocycles. The molecule has 0 spiro atoms. The first kappa shape index (κ1) is 15.8. The van der Waals surface area contributed by atoms with Gasteiger partial charge in [0.05, 0.1) is 6.04 Å². The van der Waals surface area contributed by atoms with Crippen molar-refractivity contribution in [2.24, 2.45) is 5.92 Å². The fraction of sp³-hybridized carbons (Fsp3) is 0.600. The second-order valence-electron chi connectivity index (χ2n) is 5.57. The topological polar surface area (TPSA) is 69.6 Å². The molecule has 0 radical (unpaired) electrons. The molecule has 116 valence electrons. The van der Waals surface area contributed by atoms with Gasteiger partial charge in [0, 0.05) is 11.4 Å². The summed E-state index contributed by atoms with van der Waals surface area (Å²) in [6.07, 6.45) is 1.55. The van der Waals surface area contributed by atoms with Crippen molar-refractivity contribution in [2.75, 3.05) is 6.54 Å². The third-order valence-electron chi connectivity index (χ3n) is 4.30. The molecule has 2 rings (SSSR count). The number of hydrogen-bond donors (Lipinski definition) is 2. The largest absolute Gasteiger partial charge is 0.480 e. The molecule has 3 atom stereocenters. The Kier molecular flexibility index (Phi) is 4.88. The van der Waals surface area contributed by atoms with E-state index in [0.29, 0.717) is 13.0 Å². The molecular weight excluding hydrogens is 288 g/mol. The standard InChI is InChI=1S/C15H22N2O3S/c1-4-9(2)13(14(18)19)16-15(20)17-7-5-12-11(10(17)3)6-8-21-12/h6,8-10,13H,4-5,7H2,1-3H3,(H,16,20)(H,18,19)/t9-,10?,13-/m0/s1. The van der Waals surface area contributed by atoms with Gasteiger partial charge in [-0.2, -0.15) is 0 Å². The Morgan fingerprint density at radius 1 is 1.57 bits per heavy atom. The van der Waals surface area contributed by atoms with Crippen LogP contribution in [0.2, 0.25) is 0 Å². The van der Waals surface area contributed by atoms with Crippen molar-refractivity contribution in [1.29, 1.82) is 0 Å². The van der Waals surface area contributed by atoms with E-state index in [9.17, 15) is 14.7 Å². The van der Waals surface area contributed by atoms with Crippen molar-refractivity contribution >= 4 is 23.3 Å². The molecule has 1 aromatic rings. The van der Waals surface area contributed by atoms with Gasteiger partial charge in [-0.25, -0.2) is 9.59 Å². The van der Waals surface area contributed by atoms with Gasteiger partial charge in [0.15, 0.2) is 0 Å². The highest BCUT2D eigenvalue weighted by Crippen LogP contribution is 2.32. The maximum absolute atomic E-state index is 12.4. The zero-order valence-corrected chi connectivity index (χ0v) is 13.4. The van der Waals surface area contributed by atoms with Crippen LogP contribution in [0.3, 0.4) is 0 Å². The molecule has 21 heavy (non-hydrogen) atoms. The minimum Gasteiger partial charge on any atom is -0.480 e. The van der Waals surface area contributed by atoms with Crippen LogP contribution in [0.15, 0.2) is 11.4 Å². The van der Waals surface area contributed by atoms with E-state index in [1.165, 1.54) is 10.4 Å². The van der Waals surface area contributed by atoms with Gasteiger partial charge in [0.1, 0.15) is 6.04 Å². The number of nitrogens with one attached hydrogen (secondary N) is 1. The van der Waals surface area contributed by atoms with E-state index in [4.69, 9.17) is 0 Å². The Hall–Kier alpha value is -1.56. The first-order valence-corrected chi connectivity index (χ1v) is 8.19. The summed E-state index contributed by atoms with van der Waals surface area (Å²) < 4.78 is 0. The van der Waals surface area contributed by atoms with E-state index in [-0.39, 0.29) is 18.0 Å². The Morgan fingerprint density at radius 2 is 2.29 bits per heavy atom. The molecule has 2 heterocycles. The number of thiophene rings is 1. The van der Waals surface area contributed by atoms with Gasteiger partial charge in [-0.3, -0.25) is 0 Å². The molecule has 2 N–H and O–H groups in total. The Bertz CT molecular complexity index is 529. The molecule has 6 heteroatoms. The van der Waals surface area contributed by atoms with E-state index >= 15 is 0 Å². The number of carboxylic acids is 1. The lowest BCUT2D eigenvalue weighted by molar-refractivity contribution is -0.140. The normalized spacial score (nSPS) is 20.5. The summed E-state index contributed by atoms with van der Waals surface area (Å²) in [7, 11) is 0. The Labute approximate surface area is 129 Å². The number of urea groups is 1. The lowest BCUT2D eigenvalue weighted by atomic mass is 9.99. The van der Waals surface area contributed by atoms with Crippen LogP contribution < -0.4 is 5.32 Å². The summed E-state index contributed by atoms with van der Waals surface area (Å²) in [4.78, 5) is 26.8. The highest BCUT2D eigenvalue weighted by atomic mass is 32.1. The van der Waals surface area contributed by atoms with E-state index in [1.54, 1.807) is 16.2 Å². The molecule has 2 amide bonds. The van der Waals surface area contributed by atoms with E-state index in [2.05, 4.69) is 5.32 Å². The van der Waals surface area contributed by atoms with Crippen LogP contribution >= 0.6 is 11.3 Å². The molecule has 1 aliphatic heterocycles. The second-order valence-corrected chi connectivity index (χ2v) is 6.57. The molecule has 0 fully saturated rings. The number of carbonyl (C=O) groups is 2. The summed E-state index contributed by atoms with van der Waals surface area (Å²) in [5.74, 6) is -1.07. The molecule has 1 unspecified atom stereocenters. The summed E-state index contributed by atoms with van der Waals surface area (Å²) in [6.45, 7) is 6.39. The molecule has 0 aromatic carbocycles. The maximum atomic E-state index is 12.4. The minimum absolute atomic E-state index is 0.00798. The van der Waals surface area contributed by atoms with Crippen LogP contribution in [-0.4, -0.2) is 34.6 Å². The van der Waals surface area contributed by atoms with Gasteiger partial charge in [0.2, 0.25) is 0 Å². The number of carboxylic acid groups (broad SMARTS) is 1. The zero-order valence-electron chi connectivity index (χ0n) is 12.6. The molecule has 1 aliphatic rings. The third-order valence-corrected chi connectivity index (χ3v) is 5.29. The van der Waals surface area contributed by atoms with Gasteiger partial charge in [-0.1, -0.05) is 20.3 Å². The van der Waals surface area contributed by atoms with Gasteiger partial charge >= 0.3 is 12.0 Å². The van der Waals surface area contributed by atoms with Crippen molar-refractivity contribution in [3.63, 3.8) is 0 Å². The quantitative estimate of drug-likeness (QED) is 0.898. The highest BCUT2D eigenvalue weighted by Gasteiger charge is 2.32. The summed E-state index contributed by atoms with van der Waals surface area (Å²) in [5, 5.41) is 14.0. The van der Waals surface area contributed by atoms with Crippen LogP contribution in [0.4, 0.5) is 4.79 Å². The first-order valence-electron chi connectivity index (χ1n) is 7.31. The van der Waals surface area contributed by atoms with E-state index in [1.807, 2.05) is 32.2 Å². The van der Waals surface area contributed by atoms with Gasteiger partial charge in [0.25, 0.3) is 0 Å². The lowest BCUT2D eigenvalue weighted by Crippen LogP contribution is -2.52. The predicted octanol–water partition coefficient (Wildman–Crippen LogP) is 2.88. The van der Waals surface area contributed by atoms with Crippen molar-refractivity contribution in [1.82, 2.24) is 10.2 Å². The number of amides is 2. The van der Waals surface area contributed by atoms with Crippen molar-refractivity contribution in [2.45, 2.75) is 45.7 Å². The Balaban J connectivity index is 2.08. The number of aliphatic carboxylic acids is 1. The minimum atomic E-state index is -0.974. The van der Waals surface area contributed by atoms with Crippen molar-refractivity contribution in [3.8, 4) is 0 Å². The molecule has 0 aliphatic carbocycles. The van der Waals surface area contributed by atoms with Crippen LogP contribution in [0.5, 0.6) is 0 Å². The number of carbonyl (C=O) groups excluding carboxylic acids is 1. The van der Waals surface area contributed by atoms with Gasteiger partial charge in [-0.15, -0.1) is 11.3 Å². The molecule has 1 aromatic heterocycles. The summed E-state index contributed by atoms with van der Waals surface area (Å²) >= 11 is 1.72. The smallest absolute Gasteiger partial charge is 0.326 e. The molecule has 0 saturated heterocycles. The second kappa shape index (κ2) is 6.47. The fourth-order valence-corrected chi connectivity index (χ4v) is 3.65. The number of rotatable bonds is 4. The molecule has 5 nitrogen and oxygen atoms in total. The molecular formula is C15H22N2O3S. The van der Waals surface area contributed by atoms with E-state index in [0.717, 1.165) is 6.42 Å². The number of fused-ring (bicyclic) bond motifs is 1. The van der Waals surface area contributed by atoms with Crippen LogP contribution in [-0.2, 0) is 11.2 Å². The van der Waals surface area contributed by atoms with Crippen molar-refractivity contribution in [3.05, 3.63) is 21.9 Å². The van der Waals surface area contributed by atoms with Crippen LogP contribution in [0.25, 0.3) is 0 Å². The third kappa shape index (κ3) is 3.20. The van der Waals surface area contributed by atoms with Crippen molar-refractivity contribution < 1.29 is 14.7 Å². The predicted molar refractivity (Wildman–Crippen MR) is 82.6 cm³/mol. The fourth-order valence-electron chi connectivity index (χ4n) is 2.69. The lowest BCUT2D eigenvalue weighted by Gasteiger charge is -2.35.